The summed E-state index contributed by atoms with van der Waals surface area (Å²) >= 11 is 0. The third-order valence-electron chi connectivity index (χ3n) is 4.06. The Labute approximate surface area is 107 Å². The molecule has 1 aliphatic rings. The summed E-state index contributed by atoms with van der Waals surface area (Å²) in [7, 11) is 0. The maximum absolute atomic E-state index is 14.0. The van der Waals surface area contributed by atoms with Gasteiger partial charge in [0.05, 0.1) is 0 Å². The number of hydrogen-bond donors (Lipinski definition) is 1. The highest BCUT2D eigenvalue weighted by Gasteiger charge is 2.26. The zero-order chi connectivity index (χ0) is 13.1. The molecule has 0 radical (unpaired) electrons. The minimum Gasteiger partial charge on any atom is -0.324 e. The highest BCUT2D eigenvalue weighted by Crippen LogP contribution is 2.34. The first-order valence-electron chi connectivity index (χ1n) is 6.81. The van der Waals surface area contributed by atoms with E-state index in [9.17, 15) is 8.78 Å². The quantitative estimate of drug-likeness (QED) is 0.784. The molecule has 2 rings (SSSR count). The zero-order valence-corrected chi connectivity index (χ0v) is 10.9. The van der Waals surface area contributed by atoms with Gasteiger partial charge in [0.2, 0.25) is 0 Å². The van der Waals surface area contributed by atoms with Crippen LogP contribution in [0.3, 0.4) is 0 Å². The molecule has 1 unspecified atom stereocenters. The maximum atomic E-state index is 14.0. The largest absolute Gasteiger partial charge is 0.324 e. The molecule has 0 amide bonds. The summed E-state index contributed by atoms with van der Waals surface area (Å²) < 4.78 is 27.9. The average Bonchev–Trinajstić information content (AvgIpc) is 2.63. The van der Waals surface area contributed by atoms with Gasteiger partial charge in [0.1, 0.15) is 11.6 Å². The summed E-state index contributed by atoms with van der Waals surface area (Å²) in [6, 6.07) is 2.28. The van der Waals surface area contributed by atoms with E-state index in [-0.39, 0.29) is 11.5 Å². The highest BCUT2D eigenvalue weighted by atomic mass is 19.1. The van der Waals surface area contributed by atoms with Crippen LogP contribution in [0.2, 0.25) is 0 Å². The fraction of sp³-hybridized carbons (Fsp3) is 0.600. The van der Waals surface area contributed by atoms with Crippen LogP contribution in [0.15, 0.2) is 12.1 Å². The van der Waals surface area contributed by atoms with Gasteiger partial charge in [-0.25, -0.2) is 8.78 Å². The number of halogens is 2. The van der Waals surface area contributed by atoms with Crippen molar-refractivity contribution in [1.29, 1.82) is 0 Å². The van der Waals surface area contributed by atoms with Crippen LogP contribution in [0.1, 0.15) is 55.7 Å². The lowest BCUT2D eigenvalue weighted by Crippen LogP contribution is -2.24. The van der Waals surface area contributed by atoms with Gasteiger partial charge in [-0.1, -0.05) is 31.7 Å². The molecule has 1 nitrogen and oxygen atoms in total. The lowest BCUT2D eigenvalue weighted by atomic mass is 9.87. The molecule has 0 saturated heterocycles. The van der Waals surface area contributed by atoms with Crippen LogP contribution in [-0.4, -0.2) is 0 Å². The van der Waals surface area contributed by atoms with E-state index in [1.165, 1.54) is 25.0 Å². The molecule has 100 valence electrons. The Morgan fingerprint density at radius 1 is 1.11 bits per heavy atom. The summed E-state index contributed by atoms with van der Waals surface area (Å²) in [6.45, 7) is 1.65. The molecule has 1 aromatic carbocycles. The van der Waals surface area contributed by atoms with E-state index in [0.29, 0.717) is 5.56 Å². The molecule has 0 aromatic heterocycles. The van der Waals surface area contributed by atoms with Crippen molar-refractivity contribution in [3.63, 3.8) is 0 Å². The molecule has 0 heterocycles. The highest BCUT2D eigenvalue weighted by molar-refractivity contribution is 5.29. The molecule has 0 spiro atoms. The van der Waals surface area contributed by atoms with Gasteiger partial charge in [-0.15, -0.1) is 0 Å². The fourth-order valence-electron chi connectivity index (χ4n) is 2.89. The molecular formula is C15H21F2N. The normalized spacial score (nSPS) is 19.6. The van der Waals surface area contributed by atoms with Crippen molar-refractivity contribution in [2.75, 3.05) is 0 Å². The molecular weight excluding hydrogens is 232 g/mol. The second kappa shape index (κ2) is 5.79. The van der Waals surface area contributed by atoms with E-state index < -0.39 is 17.7 Å². The second-order valence-electron chi connectivity index (χ2n) is 5.37. The van der Waals surface area contributed by atoms with Gasteiger partial charge in [0.25, 0.3) is 0 Å². The standard InChI is InChI=1S/C15H21F2N/c1-10-8-9-12(16)13(14(10)17)15(18)11-6-4-2-3-5-7-11/h8-9,11,15H,2-7,18H2,1H3. The summed E-state index contributed by atoms with van der Waals surface area (Å²) in [6.07, 6.45) is 6.62. The van der Waals surface area contributed by atoms with E-state index in [4.69, 9.17) is 5.73 Å². The minimum absolute atomic E-state index is 0.0851. The van der Waals surface area contributed by atoms with Crippen LogP contribution >= 0.6 is 0 Å². The van der Waals surface area contributed by atoms with Gasteiger partial charge in [-0.05, 0) is 37.3 Å². The van der Waals surface area contributed by atoms with E-state index in [1.54, 1.807) is 6.92 Å². The number of benzene rings is 1. The number of hydrogen-bond acceptors (Lipinski definition) is 1. The van der Waals surface area contributed by atoms with Gasteiger partial charge < -0.3 is 5.73 Å². The first-order valence-corrected chi connectivity index (χ1v) is 6.81. The van der Waals surface area contributed by atoms with Crippen molar-refractivity contribution in [1.82, 2.24) is 0 Å². The van der Waals surface area contributed by atoms with Crippen LogP contribution < -0.4 is 5.73 Å². The van der Waals surface area contributed by atoms with Crippen LogP contribution in [-0.2, 0) is 0 Å². The predicted molar refractivity (Wildman–Crippen MR) is 69.2 cm³/mol. The Morgan fingerprint density at radius 2 is 1.72 bits per heavy atom. The van der Waals surface area contributed by atoms with Crippen molar-refractivity contribution in [3.8, 4) is 0 Å². The summed E-state index contributed by atoms with van der Waals surface area (Å²) in [5.41, 5.74) is 6.68. The number of rotatable bonds is 2. The first kappa shape index (κ1) is 13.5. The Morgan fingerprint density at radius 3 is 2.33 bits per heavy atom. The molecule has 1 fully saturated rings. The lowest BCUT2D eigenvalue weighted by molar-refractivity contribution is 0.361. The molecule has 1 atom stereocenters. The van der Waals surface area contributed by atoms with Gasteiger partial charge >= 0.3 is 0 Å². The van der Waals surface area contributed by atoms with Gasteiger partial charge in [0, 0.05) is 11.6 Å². The maximum Gasteiger partial charge on any atom is 0.133 e. The monoisotopic (exact) mass is 253 g/mol. The molecule has 3 heteroatoms. The van der Waals surface area contributed by atoms with E-state index in [0.717, 1.165) is 25.7 Å². The van der Waals surface area contributed by atoms with Crippen LogP contribution in [0.25, 0.3) is 0 Å². The molecule has 1 aromatic rings. The minimum atomic E-state index is -0.511. The topological polar surface area (TPSA) is 26.0 Å². The third-order valence-corrected chi connectivity index (χ3v) is 4.06. The number of nitrogens with two attached hydrogens (primary N) is 1. The van der Waals surface area contributed by atoms with Gasteiger partial charge in [-0.2, -0.15) is 0 Å². The summed E-state index contributed by atoms with van der Waals surface area (Å²) in [5.74, 6) is -0.764. The third kappa shape index (κ3) is 2.72. The van der Waals surface area contributed by atoms with Crippen molar-refractivity contribution in [2.45, 2.75) is 51.5 Å². The van der Waals surface area contributed by atoms with Gasteiger partial charge in [-0.3, -0.25) is 0 Å². The fourth-order valence-corrected chi connectivity index (χ4v) is 2.89. The Bertz CT molecular complexity index is 409. The van der Waals surface area contributed by atoms with E-state index >= 15 is 0 Å². The summed E-state index contributed by atoms with van der Waals surface area (Å²) in [5, 5.41) is 0. The van der Waals surface area contributed by atoms with Crippen LogP contribution in [0.4, 0.5) is 8.78 Å². The lowest BCUT2D eigenvalue weighted by Gasteiger charge is -2.24. The Hall–Kier alpha value is -0.960. The average molecular weight is 253 g/mol. The Balaban J connectivity index is 2.27. The SMILES string of the molecule is Cc1ccc(F)c(C(N)C2CCCCCC2)c1F. The molecule has 2 N–H and O–H groups in total. The zero-order valence-electron chi connectivity index (χ0n) is 10.9. The molecule has 1 saturated carbocycles. The van der Waals surface area contributed by atoms with Crippen LogP contribution in [0, 0.1) is 24.5 Å². The van der Waals surface area contributed by atoms with Crippen molar-refractivity contribution in [3.05, 3.63) is 34.9 Å². The molecule has 1 aliphatic carbocycles. The van der Waals surface area contributed by atoms with E-state index in [2.05, 4.69) is 0 Å². The number of aryl methyl sites for hydroxylation is 1. The van der Waals surface area contributed by atoms with Crippen molar-refractivity contribution < 1.29 is 8.78 Å². The molecule has 0 bridgehead atoms. The predicted octanol–water partition coefficient (Wildman–Crippen LogP) is 4.24. The van der Waals surface area contributed by atoms with E-state index in [1.807, 2.05) is 0 Å². The smallest absolute Gasteiger partial charge is 0.133 e. The van der Waals surface area contributed by atoms with Gasteiger partial charge in [0.15, 0.2) is 0 Å². The van der Waals surface area contributed by atoms with Crippen molar-refractivity contribution >= 4 is 0 Å². The van der Waals surface area contributed by atoms with Crippen LogP contribution in [0.5, 0.6) is 0 Å². The van der Waals surface area contributed by atoms with Crippen molar-refractivity contribution in [2.24, 2.45) is 11.7 Å². The molecule has 18 heavy (non-hydrogen) atoms. The second-order valence-corrected chi connectivity index (χ2v) is 5.37. The Kier molecular flexibility index (Phi) is 4.33. The first-order chi connectivity index (χ1) is 8.61. The summed E-state index contributed by atoms with van der Waals surface area (Å²) in [4.78, 5) is 0. The molecule has 0 aliphatic heterocycles.